The molecule has 0 aromatic heterocycles. The number of hydrogen-bond acceptors (Lipinski definition) is 4. The van der Waals surface area contributed by atoms with E-state index < -0.39 is 5.54 Å². The predicted molar refractivity (Wildman–Crippen MR) is 106 cm³/mol. The molecule has 4 rings (SSSR count). The largest absolute Gasteiger partial charge is 0.375 e. The van der Waals surface area contributed by atoms with Crippen LogP contribution in [0.1, 0.15) is 32.3 Å². The Labute approximate surface area is 164 Å². The SMILES string of the molecule is CC1CN(C(N)=NCc2cccc(N3C(=O)NC(C)(C4CC4)C3=O)c2)CCO1. The van der Waals surface area contributed by atoms with Crippen molar-refractivity contribution in [3.63, 3.8) is 0 Å². The minimum atomic E-state index is -0.789. The highest BCUT2D eigenvalue weighted by atomic mass is 16.5. The van der Waals surface area contributed by atoms with Crippen molar-refractivity contribution in [2.24, 2.45) is 16.6 Å². The molecule has 1 aromatic carbocycles. The average molecular weight is 385 g/mol. The van der Waals surface area contributed by atoms with E-state index in [0.29, 0.717) is 24.8 Å². The summed E-state index contributed by atoms with van der Waals surface area (Å²) in [5.74, 6) is 0.539. The van der Waals surface area contributed by atoms with Gasteiger partial charge in [-0.1, -0.05) is 12.1 Å². The van der Waals surface area contributed by atoms with Crippen LogP contribution in [0, 0.1) is 5.92 Å². The molecule has 150 valence electrons. The standard InChI is InChI=1S/C20H27N5O3/c1-13-12-24(8-9-28-13)18(21)22-11-14-4-3-5-16(10-14)25-17(26)20(2,15-6-7-15)23-19(25)27/h3-5,10,13,15H,6-9,11-12H2,1-2H3,(H2,21,22)(H,23,27). The smallest absolute Gasteiger partial charge is 0.329 e. The number of carbonyl (C=O) groups is 2. The number of benzene rings is 1. The zero-order valence-electron chi connectivity index (χ0n) is 16.4. The minimum absolute atomic E-state index is 0.131. The summed E-state index contributed by atoms with van der Waals surface area (Å²) in [7, 11) is 0. The summed E-state index contributed by atoms with van der Waals surface area (Å²) in [6.45, 7) is 6.30. The number of rotatable bonds is 4. The number of morpholine rings is 1. The molecule has 2 atom stereocenters. The van der Waals surface area contributed by atoms with Gasteiger partial charge in [0.1, 0.15) is 5.54 Å². The van der Waals surface area contributed by atoms with Crippen molar-refractivity contribution in [3.05, 3.63) is 29.8 Å². The molecule has 0 bridgehead atoms. The molecule has 3 amide bonds. The van der Waals surface area contributed by atoms with Gasteiger partial charge in [-0.2, -0.15) is 0 Å². The van der Waals surface area contributed by atoms with Crippen LogP contribution in [0.5, 0.6) is 0 Å². The topological polar surface area (TPSA) is 100 Å². The maximum absolute atomic E-state index is 12.9. The van der Waals surface area contributed by atoms with Gasteiger partial charge in [-0.3, -0.25) is 4.79 Å². The number of hydrogen-bond donors (Lipinski definition) is 2. The van der Waals surface area contributed by atoms with Crippen LogP contribution in [0.3, 0.4) is 0 Å². The zero-order chi connectivity index (χ0) is 19.9. The van der Waals surface area contributed by atoms with Crippen LogP contribution < -0.4 is 16.0 Å². The Kier molecular flexibility index (Phi) is 4.74. The number of urea groups is 1. The van der Waals surface area contributed by atoms with Crippen LogP contribution in [0.15, 0.2) is 29.3 Å². The monoisotopic (exact) mass is 385 g/mol. The maximum Gasteiger partial charge on any atom is 0.329 e. The van der Waals surface area contributed by atoms with Gasteiger partial charge in [-0.15, -0.1) is 0 Å². The molecule has 0 radical (unpaired) electrons. The van der Waals surface area contributed by atoms with E-state index in [1.807, 2.05) is 36.9 Å². The second kappa shape index (κ2) is 7.09. The molecule has 0 spiro atoms. The lowest BCUT2D eigenvalue weighted by atomic mass is 9.96. The summed E-state index contributed by atoms with van der Waals surface area (Å²) in [5.41, 5.74) is 6.80. The zero-order valence-corrected chi connectivity index (χ0v) is 16.4. The molecule has 2 unspecified atom stereocenters. The van der Waals surface area contributed by atoms with Crippen molar-refractivity contribution in [2.75, 3.05) is 24.6 Å². The molecular formula is C20H27N5O3. The first kappa shape index (κ1) is 18.7. The summed E-state index contributed by atoms with van der Waals surface area (Å²) in [4.78, 5) is 33.1. The van der Waals surface area contributed by atoms with Crippen LogP contribution in [0.2, 0.25) is 0 Å². The van der Waals surface area contributed by atoms with Crippen molar-refractivity contribution in [1.82, 2.24) is 10.2 Å². The van der Waals surface area contributed by atoms with Crippen LogP contribution >= 0.6 is 0 Å². The van der Waals surface area contributed by atoms with Crippen molar-refractivity contribution in [2.45, 2.75) is 44.9 Å². The van der Waals surface area contributed by atoms with E-state index in [0.717, 1.165) is 31.5 Å². The normalized spacial score (nSPS) is 28.6. The van der Waals surface area contributed by atoms with E-state index in [4.69, 9.17) is 10.5 Å². The molecule has 2 aliphatic heterocycles. The van der Waals surface area contributed by atoms with Gasteiger partial charge in [0.05, 0.1) is 24.9 Å². The Morgan fingerprint density at radius 3 is 2.89 bits per heavy atom. The number of nitrogens with two attached hydrogens (primary N) is 1. The van der Waals surface area contributed by atoms with Crippen LogP contribution in [0.4, 0.5) is 10.5 Å². The van der Waals surface area contributed by atoms with Gasteiger partial charge in [-0.25, -0.2) is 14.7 Å². The molecular weight excluding hydrogens is 358 g/mol. The molecule has 1 aromatic rings. The fourth-order valence-electron chi connectivity index (χ4n) is 3.92. The number of carbonyl (C=O) groups excluding carboxylic acids is 2. The summed E-state index contributed by atoms with van der Waals surface area (Å²) in [6.07, 6.45) is 2.08. The Balaban J connectivity index is 1.48. The number of nitrogens with one attached hydrogen (secondary N) is 1. The molecule has 1 saturated carbocycles. The number of anilines is 1. The van der Waals surface area contributed by atoms with Crippen molar-refractivity contribution >= 4 is 23.6 Å². The molecule has 3 N–H and O–H groups in total. The van der Waals surface area contributed by atoms with Gasteiger partial charge in [-0.05, 0) is 50.3 Å². The quantitative estimate of drug-likeness (QED) is 0.464. The highest BCUT2D eigenvalue weighted by Crippen LogP contribution is 2.43. The third-order valence-corrected chi connectivity index (χ3v) is 5.77. The Morgan fingerprint density at radius 2 is 2.18 bits per heavy atom. The molecule has 3 aliphatic rings. The Bertz CT molecular complexity index is 822. The molecule has 1 aliphatic carbocycles. The lowest BCUT2D eigenvalue weighted by Gasteiger charge is -2.31. The first-order chi connectivity index (χ1) is 13.4. The maximum atomic E-state index is 12.9. The van der Waals surface area contributed by atoms with Gasteiger partial charge in [0.2, 0.25) is 0 Å². The van der Waals surface area contributed by atoms with Crippen LogP contribution in [-0.2, 0) is 16.1 Å². The first-order valence-corrected chi connectivity index (χ1v) is 9.80. The van der Waals surface area contributed by atoms with Crippen LogP contribution in [-0.4, -0.2) is 54.1 Å². The molecule has 28 heavy (non-hydrogen) atoms. The van der Waals surface area contributed by atoms with Gasteiger partial charge >= 0.3 is 6.03 Å². The van der Waals surface area contributed by atoms with E-state index in [9.17, 15) is 9.59 Å². The van der Waals surface area contributed by atoms with Gasteiger partial charge in [0.15, 0.2) is 5.96 Å². The molecule has 8 heteroatoms. The Morgan fingerprint density at radius 1 is 1.39 bits per heavy atom. The summed E-state index contributed by atoms with van der Waals surface area (Å²) < 4.78 is 5.52. The van der Waals surface area contributed by atoms with Crippen molar-refractivity contribution in [3.8, 4) is 0 Å². The first-order valence-electron chi connectivity index (χ1n) is 9.80. The lowest BCUT2D eigenvalue weighted by molar-refractivity contribution is -0.122. The lowest BCUT2D eigenvalue weighted by Crippen LogP contribution is -2.47. The average Bonchev–Trinajstić information content (AvgIpc) is 3.49. The number of amides is 3. The Hall–Kier alpha value is -2.61. The number of guanidine groups is 1. The third-order valence-electron chi connectivity index (χ3n) is 5.77. The van der Waals surface area contributed by atoms with E-state index in [1.54, 1.807) is 6.07 Å². The molecule has 8 nitrogen and oxygen atoms in total. The minimum Gasteiger partial charge on any atom is -0.375 e. The van der Waals surface area contributed by atoms with E-state index in [-0.39, 0.29) is 24.0 Å². The number of aliphatic imine (C=N–C) groups is 1. The fourth-order valence-corrected chi connectivity index (χ4v) is 3.92. The fraction of sp³-hybridized carbons (Fsp3) is 0.550. The van der Waals surface area contributed by atoms with Gasteiger partial charge < -0.3 is 20.7 Å². The highest BCUT2D eigenvalue weighted by molar-refractivity contribution is 6.23. The van der Waals surface area contributed by atoms with E-state index >= 15 is 0 Å². The molecule has 2 heterocycles. The van der Waals surface area contributed by atoms with E-state index in [2.05, 4.69) is 10.3 Å². The second-order valence-electron chi connectivity index (χ2n) is 8.02. The summed E-state index contributed by atoms with van der Waals surface area (Å²) in [6, 6.07) is 6.99. The summed E-state index contributed by atoms with van der Waals surface area (Å²) in [5, 5.41) is 2.88. The molecule has 2 saturated heterocycles. The number of ether oxygens (including phenoxy) is 1. The summed E-state index contributed by atoms with van der Waals surface area (Å²) >= 11 is 0. The van der Waals surface area contributed by atoms with Crippen molar-refractivity contribution in [1.29, 1.82) is 0 Å². The van der Waals surface area contributed by atoms with Gasteiger partial charge in [0, 0.05) is 13.1 Å². The third kappa shape index (κ3) is 3.44. The molecule has 3 fully saturated rings. The number of nitrogens with zero attached hydrogens (tertiary/aromatic N) is 3. The van der Waals surface area contributed by atoms with Gasteiger partial charge in [0.25, 0.3) is 5.91 Å². The van der Waals surface area contributed by atoms with E-state index in [1.165, 1.54) is 4.90 Å². The van der Waals surface area contributed by atoms with Crippen LogP contribution in [0.25, 0.3) is 0 Å². The van der Waals surface area contributed by atoms with Crippen molar-refractivity contribution < 1.29 is 14.3 Å². The predicted octanol–water partition coefficient (Wildman–Crippen LogP) is 1.45. The number of imide groups is 1. The second-order valence-corrected chi connectivity index (χ2v) is 8.02. The highest BCUT2D eigenvalue weighted by Gasteiger charge is 2.56.